The molecule has 0 atom stereocenters. The smallest absolute Gasteiger partial charge is 0.229 e. The second-order valence-electron chi connectivity index (χ2n) is 2.84. The average Bonchev–Trinajstić information content (AvgIpc) is 1.82. The Bertz CT molecular complexity index is 155. The molecule has 0 aromatic heterocycles. The van der Waals surface area contributed by atoms with Crippen LogP contribution >= 0.6 is 0 Å². The largest absolute Gasteiger partial charge is 0.369 e. The molecule has 0 spiro atoms. The van der Waals surface area contributed by atoms with Gasteiger partial charge < -0.3 is 11.1 Å². The highest BCUT2D eigenvalue weighted by molar-refractivity contribution is 5.95. The summed E-state index contributed by atoms with van der Waals surface area (Å²) in [6, 6.07) is 0. The molecule has 0 radical (unpaired) electrons. The quantitative estimate of drug-likeness (QED) is 0.548. The molecule has 64 valence electrons. The fraction of sp³-hybridized carbons (Fsp3) is 0.714. The molecule has 0 saturated carbocycles. The van der Waals surface area contributed by atoms with Crippen molar-refractivity contribution in [2.24, 2.45) is 11.7 Å². The molecule has 0 bridgehead atoms. The van der Waals surface area contributed by atoms with Gasteiger partial charge in [0.15, 0.2) is 0 Å². The molecule has 0 rings (SSSR count). The summed E-state index contributed by atoms with van der Waals surface area (Å²) in [4.78, 5) is 21.0. The lowest BCUT2D eigenvalue weighted by Crippen LogP contribution is -2.30. The third kappa shape index (κ3) is 6.83. The SMILES string of the molecule is CC(C)CNC(=O)CC(N)=O. The van der Waals surface area contributed by atoms with Crippen LogP contribution in [-0.2, 0) is 9.59 Å². The fourth-order valence-corrected chi connectivity index (χ4v) is 0.539. The molecule has 0 aromatic rings. The second kappa shape index (κ2) is 4.71. The molecule has 0 aliphatic carbocycles. The molecule has 0 aromatic carbocycles. The number of amides is 2. The Morgan fingerprint density at radius 2 is 2.00 bits per heavy atom. The fourth-order valence-electron chi connectivity index (χ4n) is 0.539. The molecule has 0 unspecified atom stereocenters. The van der Waals surface area contributed by atoms with E-state index in [1.54, 1.807) is 0 Å². The van der Waals surface area contributed by atoms with Crippen molar-refractivity contribution in [1.29, 1.82) is 0 Å². The Labute approximate surface area is 66.1 Å². The van der Waals surface area contributed by atoms with E-state index >= 15 is 0 Å². The highest BCUT2D eigenvalue weighted by Gasteiger charge is 2.04. The lowest BCUT2D eigenvalue weighted by atomic mass is 10.2. The first kappa shape index (κ1) is 9.94. The van der Waals surface area contributed by atoms with E-state index in [0.717, 1.165) is 0 Å². The molecule has 0 fully saturated rings. The standard InChI is InChI=1S/C7H14N2O2/c1-5(2)4-9-7(11)3-6(8)10/h5H,3-4H2,1-2H3,(H2,8,10)(H,9,11). The number of carbonyl (C=O) groups excluding carboxylic acids is 2. The van der Waals surface area contributed by atoms with Gasteiger partial charge >= 0.3 is 0 Å². The van der Waals surface area contributed by atoms with Crippen molar-refractivity contribution in [2.75, 3.05) is 6.54 Å². The van der Waals surface area contributed by atoms with E-state index in [2.05, 4.69) is 5.32 Å². The van der Waals surface area contributed by atoms with E-state index in [9.17, 15) is 9.59 Å². The first-order valence-electron chi connectivity index (χ1n) is 3.57. The van der Waals surface area contributed by atoms with Gasteiger partial charge in [-0.1, -0.05) is 13.8 Å². The van der Waals surface area contributed by atoms with Gasteiger partial charge in [0, 0.05) is 6.54 Å². The van der Waals surface area contributed by atoms with Crippen LogP contribution < -0.4 is 11.1 Å². The summed E-state index contributed by atoms with van der Waals surface area (Å²) in [5.41, 5.74) is 4.80. The van der Waals surface area contributed by atoms with Gasteiger partial charge in [-0.2, -0.15) is 0 Å². The molecule has 2 amide bonds. The van der Waals surface area contributed by atoms with Gasteiger partial charge in [0.05, 0.1) is 0 Å². The average molecular weight is 158 g/mol. The van der Waals surface area contributed by atoms with E-state index < -0.39 is 5.91 Å². The van der Waals surface area contributed by atoms with E-state index in [0.29, 0.717) is 12.5 Å². The first-order chi connectivity index (χ1) is 5.02. The Morgan fingerprint density at radius 1 is 1.45 bits per heavy atom. The summed E-state index contributed by atoms with van der Waals surface area (Å²) in [6.07, 6.45) is -0.216. The summed E-state index contributed by atoms with van der Waals surface area (Å²) in [7, 11) is 0. The minimum Gasteiger partial charge on any atom is -0.369 e. The molecular formula is C7H14N2O2. The minimum absolute atomic E-state index is 0.216. The number of carbonyl (C=O) groups is 2. The summed E-state index contributed by atoms with van der Waals surface area (Å²) in [5, 5.41) is 2.57. The molecule has 11 heavy (non-hydrogen) atoms. The van der Waals surface area contributed by atoms with Crippen LogP contribution in [0.5, 0.6) is 0 Å². The van der Waals surface area contributed by atoms with Crippen molar-refractivity contribution in [1.82, 2.24) is 5.32 Å². The molecule has 0 aliphatic heterocycles. The molecule has 3 N–H and O–H groups in total. The Balaban J connectivity index is 3.46. The first-order valence-corrected chi connectivity index (χ1v) is 3.57. The van der Waals surface area contributed by atoms with Gasteiger partial charge in [0.2, 0.25) is 11.8 Å². The zero-order valence-electron chi connectivity index (χ0n) is 6.89. The Kier molecular flexibility index (Phi) is 4.26. The predicted octanol–water partition coefficient (Wildman–Crippen LogP) is -0.366. The van der Waals surface area contributed by atoms with E-state index in [1.807, 2.05) is 13.8 Å². The van der Waals surface area contributed by atoms with Crippen LogP contribution in [0.25, 0.3) is 0 Å². The number of hydrogen-bond donors (Lipinski definition) is 2. The highest BCUT2D eigenvalue weighted by atomic mass is 16.2. The Morgan fingerprint density at radius 3 is 2.36 bits per heavy atom. The zero-order chi connectivity index (χ0) is 8.85. The van der Waals surface area contributed by atoms with Gasteiger partial charge in [0.1, 0.15) is 6.42 Å². The number of rotatable bonds is 4. The maximum Gasteiger partial charge on any atom is 0.229 e. The maximum atomic E-state index is 10.7. The third-order valence-corrected chi connectivity index (χ3v) is 1.04. The van der Waals surface area contributed by atoms with Crippen molar-refractivity contribution in [3.63, 3.8) is 0 Å². The van der Waals surface area contributed by atoms with Crippen molar-refractivity contribution in [3.8, 4) is 0 Å². The molecule has 0 saturated heterocycles. The molecular weight excluding hydrogens is 144 g/mol. The van der Waals surface area contributed by atoms with E-state index in [4.69, 9.17) is 5.73 Å². The third-order valence-electron chi connectivity index (χ3n) is 1.04. The maximum absolute atomic E-state index is 10.7. The van der Waals surface area contributed by atoms with Crippen LogP contribution in [-0.4, -0.2) is 18.4 Å². The van der Waals surface area contributed by atoms with Gasteiger partial charge in [0.25, 0.3) is 0 Å². The van der Waals surface area contributed by atoms with Crippen molar-refractivity contribution >= 4 is 11.8 Å². The van der Waals surface area contributed by atoms with Crippen LogP contribution in [0.3, 0.4) is 0 Å². The highest BCUT2D eigenvalue weighted by Crippen LogP contribution is 1.87. The van der Waals surface area contributed by atoms with Crippen LogP contribution in [0.1, 0.15) is 20.3 Å². The van der Waals surface area contributed by atoms with E-state index in [1.165, 1.54) is 0 Å². The summed E-state index contributed by atoms with van der Waals surface area (Å²) >= 11 is 0. The predicted molar refractivity (Wildman–Crippen MR) is 41.7 cm³/mol. The monoisotopic (exact) mass is 158 g/mol. The van der Waals surface area contributed by atoms with E-state index in [-0.39, 0.29) is 12.3 Å². The Hall–Kier alpha value is -1.06. The second-order valence-corrected chi connectivity index (χ2v) is 2.84. The topological polar surface area (TPSA) is 72.2 Å². The summed E-state index contributed by atoms with van der Waals surface area (Å²) in [5.74, 6) is -0.496. The number of nitrogens with one attached hydrogen (secondary N) is 1. The van der Waals surface area contributed by atoms with Crippen LogP contribution in [0.2, 0.25) is 0 Å². The van der Waals surface area contributed by atoms with Gasteiger partial charge in [-0.05, 0) is 5.92 Å². The van der Waals surface area contributed by atoms with Crippen molar-refractivity contribution < 1.29 is 9.59 Å². The molecule has 0 aliphatic rings. The summed E-state index contributed by atoms with van der Waals surface area (Å²) < 4.78 is 0. The lowest BCUT2D eigenvalue weighted by Gasteiger charge is -2.05. The number of primary amides is 1. The number of hydrogen-bond acceptors (Lipinski definition) is 2. The molecule has 0 heterocycles. The molecule has 4 nitrogen and oxygen atoms in total. The summed E-state index contributed by atoms with van der Waals surface area (Å²) in [6.45, 7) is 4.54. The van der Waals surface area contributed by atoms with Gasteiger partial charge in [-0.15, -0.1) is 0 Å². The van der Waals surface area contributed by atoms with Crippen LogP contribution in [0.4, 0.5) is 0 Å². The minimum atomic E-state index is -0.591. The van der Waals surface area contributed by atoms with Crippen LogP contribution in [0.15, 0.2) is 0 Å². The van der Waals surface area contributed by atoms with Gasteiger partial charge in [-0.3, -0.25) is 9.59 Å². The molecule has 4 heteroatoms. The normalized spacial score (nSPS) is 9.73. The van der Waals surface area contributed by atoms with Crippen LogP contribution in [0, 0.1) is 5.92 Å². The zero-order valence-corrected chi connectivity index (χ0v) is 6.89. The van der Waals surface area contributed by atoms with Crippen molar-refractivity contribution in [2.45, 2.75) is 20.3 Å². The number of nitrogens with two attached hydrogens (primary N) is 1. The van der Waals surface area contributed by atoms with Crippen molar-refractivity contribution in [3.05, 3.63) is 0 Å². The lowest BCUT2D eigenvalue weighted by molar-refractivity contribution is -0.127. The van der Waals surface area contributed by atoms with Gasteiger partial charge in [-0.25, -0.2) is 0 Å².